The van der Waals surface area contributed by atoms with E-state index in [0.717, 1.165) is 16.5 Å². The predicted octanol–water partition coefficient (Wildman–Crippen LogP) is 4.05. The van der Waals surface area contributed by atoms with Gasteiger partial charge in [-0.05, 0) is 42.7 Å². The highest BCUT2D eigenvalue weighted by Gasteiger charge is 2.18. The zero-order valence-electron chi connectivity index (χ0n) is 16.8. The summed E-state index contributed by atoms with van der Waals surface area (Å²) in [6, 6.07) is 14.1. The summed E-state index contributed by atoms with van der Waals surface area (Å²) in [5.41, 5.74) is 2.41. The Bertz CT molecular complexity index is 1340. The first-order valence-electron chi connectivity index (χ1n) is 9.80. The lowest BCUT2D eigenvalue weighted by Gasteiger charge is -2.20. The van der Waals surface area contributed by atoms with Crippen LogP contribution in [0.5, 0.6) is 0 Å². The van der Waals surface area contributed by atoms with Crippen molar-refractivity contribution in [3.8, 4) is 0 Å². The van der Waals surface area contributed by atoms with Crippen LogP contribution >= 0.6 is 11.8 Å². The van der Waals surface area contributed by atoms with Crippen LogP contribution in [0.15, 0.2) is 67.7 Å². The van der Waals surface area contributed by atoms with Gasteiger partial charge in [-0.2, -0.15) is 0 Å². The van der Waals surface area contributed by atoms with Gasteiger partial charge in [-0.1, -0.05) is 43.0 Å². The molecule has 0 saturated carbocycles. The Labute approximate surface area is 177 Å². The first-order valence-corrected chi connectivity index (χ1v) is 10.8. The zero-order chi connectivity index (χ0) is 21.3. The van der Waals surface area contributed by atoms with Gasteiger partial charge in [0.1, 0.15) is 5.58 Å². The summed E-state index contributed by atoms with van der Waals surface area (Å²) in [6.45, 7) is 3.72. The van der Waals surface area contributed by atoms with E-state index in [1.807, 2.05) is 38.1 Å². The lowest BCUT2D eigenvalue weighted by Crippen LogP contribution is -2.29. The number of hydrogen-bond acceptors (Lipinski definition) is 6. The highest BCUT2D eigenvalue weighted by atomic mass is 32.2. The minimum atomic E-state index is -0.408. The Morgan fingerprint density at radius 3 is 2.70 bits per heavy atom. The fourth-order valence-corrected chi connectivity index (χ4v) is 4.60. The lowest BCUT2D eigenvalue weighted by atomic mass is 10.1. The van der Waals surface area contributed by atoms with Crippen LogP contribution in [0, 0.1) is 6.92 Å². The molecule has 0 radical (unpaired) electrons. The van der Waals surface area contributed by atoms with E-state index in [1.54, 1.807) is 22.8 Å². The van der Waals surface area contributed by atoms with Crippen LogP contribution in [0.25, 0.3) is 21.9 Å². The van der Waals surface area contributed by atoms with Crippen molar-refractivity contribution >= 4 is 33.6 Å². The van der Waals surface area contributed by atoms with Crippen molar-refractivity contribution in [3.63, 3.8) is 0 Å². The van der Waals surface area contributed by atoms with Crippen molar-refractivity contribution in [2.45, 2.75) is 37.2 Å². The molecule has 2 aromatic carbocycles. The summed E-state index contributed by atoms with van der Waals surface area (Å²) in [5.74, 6) is 0.442. The van der Waals surface area contributed by atoms with Crippen molar-refractivity contribution < 1.29 is 9.52 Å². The number of aliphatic hydroxyl groups is 1. The molecule has 0 aliphatic heterocycles. The molecule has 7 heteroatoms. The fraction of sp³-hybridized carbons (Fsp3) is 0.261. The maximum Gasteiger partial charge on any atom is 0.336 e. The minimum Gasteiger partial charge on any atom is -0.423 e. The maximum absolute atomic E-state index is 13.2. The second-order valence-corrected chi connectivity index (χ2v) is 8.15. The molecule has 2 aromatic heterocycles. The van der Waals surface area contributed by atoms with Crippen LogP contribution in [-0.4, -0.2) is 21.3 Å². The second-order valence-electron chi connectivity index (χ2n) is 7.21. The van der Waals surface area contributed by atoms with E-state index in [1.165, 1.54) is 17.8 Å². The van der Waals surface area contributed by atoms with E-state index < -0.39 is 5.63 Å². The Balaban J connectivity index is 1.81. The third-order valence-electron chi connectivity index (χ3n) is 5.17. The summed E-state index contributed by atoms with van der Waals surface area (Å²) < 4.78 is 6.91. The molecule has 1 atom stereocenters. The topological polar surface area (TPSA) is 85.3 Å². The standard InChI is InChI=1S/C23H22N2O4S/c1-3-16(12-26)25-22(28)18-6-4-5-7-19(18)24-23(25)30-13-15-11-21(27)29-20-10-14(2)8-9-17(15)20/h4-11,16,26H,3,12-13H2,1-2H3/t16-/m0/s1. The van der Waals surface area contributed by atoms with Gasteiger partial charge in [-0.3, -0.25) is 9.36 Å². The zero-order valence-corrected chi connectivity index (χ0v) is 17.6. The average Bonchev–Trinajstić information content (AvgIpc) is 2.74. The van der Waals surface area contributed by atoms with Crippen LogP contribution in [-0.2, 0) is 5.75 Å². The van der Waals surface area contributed by atoms with Crippen LogP contribution in [0.2, 0.25) is 0 Å². The monoisotopic (exact) mass is 422 g/mol. The van der Waals surface area contributed by atoms with E-state index in [-0.39, 0.29) is 18.2 Å². The van der Waals surface area contributed by atoms with Crippen molar-refractivity contribution in [1.82, 2.24) is 9.55 Å². The molecule has 6 nitrogen and oxygen atoms in total. The Morgan fingerprint density at radius 2 is 1.93 bits per heavy atom. The largest absolute Gasteiger partial charge is 0.423 e. The number of para-hydroxylation sites is 1. The van der Waals surface area contributed by atoms with E-state index in [0.29, 0.717) is 33.8 Å². The average molecular weight is 423 g/mol. The summed E-state index contributed by atoms with van der Waals surface area (Å²) in [5, 5.41) is 11.7. The van der Waals surface area contributed by atoms with E-state index >= 15 is 0 Å². The summed E-state index contributed by atoms with van der Waals surface area (Å²) in [6.07, 6.45) is 0.598. The first-order chi connectivity index (χ1) is 14.5. The molecule has 1 N–H and O–H groups in total. The molecule has 0 spiro atoms. The molecule has 4 rings (SSSR count). The molecule has 0 fully saturated rings. The van der Waals surface area contributed by atoms with Gasteiger partial charge < -0.3 is 9.52 Å². The molecule has 0 amide bonds. The molecule has 0 saturated heterocycles. The number of benzene rings is 2. The third kappa shape index (κ3) is 3.78. The predicted molar refractivity (Wildman–Crippen MR) is 119 cm³/mol. The molecule has 2 heterocycles. The number of hydrogen-bond donors (Lipinski definition) is 1. The molecule has 0 bridgehead atoms. The van der Waals surface area contributed by atoms with Gasteiger partial charge in [0.2, 0.25) is 0 Å². The fourth-order valence-electron chi connectivity index (χ4n) is 3.54. The lowest BCUT2D eigenvalue weighted by molar-refractivity contribution is 0.213. The number of aliphatic hydroxyl groups excluding tert-OH is 1. The number of fused-ring (bicyclic) bond motifs is 2. The smallest absolute Gasteiger partial charge is 0.336 e. The van der Waals surface area contributed by atoms with E-state index in [4.69, 9.17) is 9.40 Å². The molecular formula is C23H22N2O4S. The quantitative estimate of drug-likeness (QED) is 0.287. The van der Waals surface area contributed by atoms with Gasteiger partial charge in [0.05, 0.1) is 23.6 Å². The molecule has 0 aliphatic carbocycles. The molecule has 0 unspecified atom stereocenters. The number of rotatable bonds is 6. The summed E-state index contributed by atoms with van der Waals surface area (Å²) in [7, 11) is 0. The molecule has 0 aliphatic rings. The summed E-state index contributed by atoms with van der Waals surface area (Å²) >= 11 is 1.38. The van der Waals surface area contributed by atoms with Crippen molar-refractivity contribution in [2.24, 2.45) is 0 Å². The van der Waals surface area contributed by atoms with Gasteiger partial charge in [0, 0.05) is 17.2 Å². The van der Waals surface area contributed by atoms with Crippen LogP contribution < -0.4 is 11.2 Å². The van der Waals surface area contributed by atoms with E-state index in [9.17, 15) is 14.7 Å². The first kappa shape index (κ1) is 20.4. The van der Waals surface area contributed by atoms with Gasteiger partial charge in [0.15, 0.2) is 5.16 Å². The maximum atomic E-state index is 13.2. The number of thioether (sulfide) groups is 1. The number of nitrogens with zero attached hydrogens (tertiary/aromatic N) is 2. The Kier molecular flexibility index (Phi) is 5.74. The van der Waals surface area contributed by atoms with Gasteiger partial charge in [0.25, 0.3) is 5.56 Å². The highest BCUT2D eigenvalue weighted by Crippen LogP contribution is 2.28. The number of aromatic nitrogens is 2. The highest BCUT2D eigenvalue weighted by molar-refractivity contribution is 7.98. The van der Waals surface area contributed by atoms with Gasteiger partial charge in [-0.15, -0.1) is 0 Å². The van der Waals surface area contributed by atoms with Crippen LogP contribution in [0.1, 0.15) is 30.5 Å². The van der Waals surface area contributed by atoms with E-state index in [2.05, 4.69) is 0 Å². The SMILES string of the molecule is CC[C@@H](CO)n1c(SCc2cc(=O)oc3cc(C)ccc23)nc2ccccc2c1=O. The minimum absolute atomic E-state index is 0.152. The third-order valence-corrected chi connectivity index (χ3v) is 6.17. The number of aryl methyl sites for hydroxylation is 1. The van der Waals surface area contributed by atoms with Gasteiger partial charge >= 0.3 is 5.63 Å². The van der Waals surface area contributed by atoms with Crippen molar-refractivity contribution in [3.05, 3.63) is 80.4 Å². The van der Waals surface area contributed by atoms with Crippen molar-refractivity contribution in [2.75, 3.05) is 6.61 Å². The Hall–Kier alpha value is -2.90. The molecular weight excluding hydrogens is 400 g/mol. The van der Waals surface area contributed by atoms with Crippen molar-refractivity contribution in [1.29, 1.82) is 0 Å². The summed E-state index contributed by atoms with van der Waals surface area (Å²) in [4.78, 5) is 29.9. The van der Waals surface area contributed by atoms with Gasteiger partial charge in [-0.25, -0.2) is 9.78 Å². The van der Waals surface area contributed by atoms with Crippen LogP contribution in [0.3, 0.4) is 0 Å². The molecule has 4 aromatic rings. The molecule has 30 heavy (non-hydrogen) atoms. The Morgan fingerprint density at radius 1 is 1.13 bits per heavy atom. The molecule has 154 valence electrons. The van der Waals surface area contributed by atoms with Crippen LogP contribution in [0.4, 0.5) is 0 Å². The normalized spacial score (nSPS) is 12.5. The second kappa shape index (κ2) is 8.45.